The van der Waals surface area contributed by atoms with Crippen LogP contribution in [-0.2, 0) is 20.2 Å². The number of nitrogens with zero attached hydrogens (tertiary/aromatic N) is 4. The van der Waals surface area contributed by atoms with Crippen LogP contribution in [0.4, 0.5) is 16.4 Å². The molecule has 4 N–H and O–H groups in total. The van der Waals surface area contributed by atoms with Crippen LogP contribution in [0, 0.1) is 4.78 Å². The Kier molecular flexibility index (Phi) is 6.04. The van der Waals surface area contributed by atoms with Crippen molar-refractivity contribution in [2.75, 3.05) is 11.6 Å². The fourth-order valence-corrected chi connectivity index (χ4v) is 4.67. The average Bonchev–Trinajstić information content (AvgIpc) is 3.38. The fraction of sp³-hybridized carbons (Fsp3) is 0.524. The predicted octanol–water partition coefficient (Wildman–Crippen LogP) is 3.53. The summed E-state index contributed by atoms with van der Waals surface area (Å²) in [4.78, 5) is 16.4. The second-order valence-corrected chi connectivity index (χ2v) is 11.9. The van der Waals surface area contributed by atoms with Crippen LogP contribution in [0.1, 0.15) is 57.3 Å². The lowest BCUT2D eigenvalue weighted by atomic mass is 10.0. The fourth-order valence-electron chi connectivity index (χ4n) is 3.97. The first kappa shape index (κ1) is 23.0. The van der Waals surface area contributed by atoms with Gasteiger partial charge < -0.3 is 15.4 Å². The minimum atomic E-state index is -2.69. The molecule has 12 heteroatoms. The van der Waals surface area contributed by atoms with E-state index in [0.29, 0.717) is 22.8 Å². The van der Waals surface area contributed by atoms with Gasteiger partial charge in [-0.25, -0.2) is 18.5 Å². The molecule has 3 unspecified atom stereocenters. The van der Waals surface area contributed by atoms with Crippen LogP contribution in [-0.4, -0.2) is 53.0 Å². The quantitative estimate of drug-likeness (QED) is 0.427. The summed E-state index contributed by atoms with van der Waals surface area (Å²) in [5.41, 5.74) is 1.92. The zero-order valence-corrected chi connectivity index (χ0v) is 20.0. The predicted molar refractivity (Wildman–Crippen MR) is 125 cm³/mol. The number of carbonyl (C=O) groups is 1. The summed E-state index contributed by atoms with van der Waals surface area (Å²) in [6, 6.07) is 3.72. The summed E-state index contributed by atoms with van der Waals surface area (Å²) in [7, 11) is -2.69. The number of hydrogen-bond donors (Lipinski definition) is 4. The van der Waals surface area contributed by atoms with Crippen molar-refractivity contribution >= 4 is 33.0 Å². The third-order valence-corrected chi connectivity index (χ3v) is 6.13. The minimum Gasteiger partial charge on any atom is -0.446 e. The summed E-state index contributed by atoms with van der Waals surface area (Å²) in [5.74, 6) is 1.48. The number of amides is 1. The monoisotopic (exact) mass is 474 g/mol. The largest absolute Gasteiger partial charge is 0.446 e. The van der Waals surface area contributed by atoms with E-state index in [4.69, 9.17) is 9.52 Å². The molecule has 1 aliphatic rings. The maximum absolute atomic E-state index is 12.0. The number of H-pyrrole nitrogens is 1. The molecule has 0 aliphatic heterocycles. The highest BCUT2D eigenvalue weighted by molar-refractivity contribution is 7.90. The third-order valence-electron chi connectivity index (χ3n) is 5.28. The first-order valence-corrected chi connectivity index (χ1v) is 12.9. The van der Waals surface area contributed by atoms with Crippen LogP contribution in [0.2, 0.25) is 0 Å². The molecule has 0 bridgehead atoms. The van der Waals surface area contributed by atoms with E-state index in [2.05, 4.69) is 30.9 Å². The Morgan fingerprint density at radius 3 is 2.88 bits per heavy atom. The van der Waals surface area contributed by atoms with Gasteiger partial charge in [-0.15, -0.1) is 0 Å². The molecule has 3 aromatic rings. The summed E-state index contributed by atoms with van der Waals surface area (Å²) in [5, 5.41) is 17.9. The zero-order chi connectivity index (χ0) is 23.8. The second kappa shape index (κ2) is 8.65. The van der Waals surface area contributed by atoms with Gasteiger partial charge in [0.05, 0.1) is 11.4 Å². The van der Waals surface area contributed by atoms with Gasteiger partial charge in [0.15, 0.2) is 11.6 Å². The Labute approximate surface area is 192 Å². The Hall–Kier alpha value is -3.15. The molecule has 1 saturated carbocycles. The summed E-state index contributed by atoms with van der Waals surface area (Å²) in [6.45, 7) is 5.76. The van der Waals surface area contributed by atoms with Gasteiger partial charge in [-0.3, -0.25) is 9.88 Å². The summed E-state index contributed by atoms with van der Waals surface area (Å²) in [6.07, 6.45) is 6.66. The molecule has 0 radical (unpaired) electrons. The molecule has 3 atom stereocenters. The van der Waals surface area contributed by atoms with Gasteiger partial charge in [0.1, 0.15) is 11.6 Å². The Balaban J connectivity index is 1.41. The Morgan fingerprint density at radius 2 is 2.15 bits per heavy atom. The van der Waals surface area contributed by atoms with E-state index in [1.165, 1.54) is 6.26 Å². The normalized spacial score (nSPS) is 20.5. The molecule has 0 saturated heterocycles. The number of alkyl carbamates (subject to hydrolysis) is 1. The van der Waals surface area contributed by atoms with Gasteiger partial charge in [0.2, 0.25) is 0 Å². The van der Waals surface area contributed by atoms with Crippen molar-refractivity contribution in [3.05, 3.63) is 35.9 Å². The van der Waals surface area contributed by atoms with Crippen LogP contribution >= 0.6 is 0 Å². The van der Waals surface area contributed by atoms with E-state index in [-0.39, 0.29) is 29.4 Å². The summed E-state index contributed by atoms with van der Waals surface area (Å²) >= 11 is 0. The number of carbonyl (C=O) groups excluding carboxylic acids is 1. The van der Waals surface area contributed by atoms with E-state index < -0.39 is 9.73 Å². The molecule has 1 fully saturated rings. The van der Waals surface area contributed by atoms with Crippen molar-refractivity contribution in [1.29, 1.82) is 4.78 Å². The molecule has 0 spiro atoms. The lowest BCUT2D eigenvalue weighted by Crippen LogP contribution is -2.42. The van der Waals surface area contributed by atoms with Gasteiger partial charge in [0, 0.05) is 51.6 Å². The van der Waals surface area contributed by atoms with Crippen molar-refractivity contribution < 1.29 is 13.7 Å². The molecule has 1 aliphatic carbocycles. The van der Waals surface area contributed by atoms with Crippen LogP contribution in [0.25, 0.3) is 5.52 Å². The zero-order valence-electron chi connectivity index (χ0n) is 19.2. The number of rotatable bonds is 6. The first-order chi connectivity index (χ1) is 15.4. The third kappa shape index (κ3) is 6.01. The smallest absolute Gasteiger partial charge is 0.407 e. The number of hydrogen-bond acceptors (Lipinski definition) is 8. The molecule has 11 nitrogen and oxygen atoms in total. The lowest BCUT2D eigenvalue weighted by molar-refractivity contribution is 0.0936. The SMILES string of the molecule is CC(C)(C)NC(=O)OC1CCC(c2cc(Nc3nccn4nc(CS(C)(=N)=O)cc34)n[nH]2)C1. The minimum absolute atomic E-state index is 0.0827. The topological polar surface area (TPSA) is 150 Å². The standard InChI is InChI=1S/C21H30N8O3S/c1-21(2,3)25-20(30)32-15-6-5-13(9-15)16-11-18(27-26-16)24-19-17-10-14(12-33(4,22)31)28-29(17)8-7-23-19/h7-8,10-11,13,15,22H,5-6,9,12H2,1-4H3,(H,25,30)(H2,23,24,26,27). The van der Waals surface area contributed by atoms with E-state index in [1.54, 1.807) is 23.0 Å². The molecule has 3 heterocycles. The van der Waals surface area contributed by atoms with E-state index in [1.807, 2.05) is 26.8 Å². The van der Waals surface area contributed by atoms with E-state index in [0.717, 1.165) is 25.0 Å². The van der Waals surface area contributed by atoms with Crippen LogP contribution < -0.4 is 10.6 Å². The van der Waals surface area contributed by atoms with Crippen molar-refractivity contribution in [3.63, 3.8) is 0 Å². The molecule has 178 valence electrons. The lowest BCUT2D eigenvalue weighted by Gasteiger charge is -2.22. The second-order valence-electron chi connectivity index (χ2n) is 9.64. The number of aromatic nitrogens is 5. The average molecular weight is 475 g/mol. The molecule has 4 rings (SSSR count). The van der Waals surface area contributed by atoms with Gasteiger partial charge in [0.25, 0.3) is 0 Å². The number of ether oxygens (including phenoxy) is 1. The van der Waals surface area contributed by atoms with Gasteiger partial charge in [-0.05, 0) is 46.1 Å². The van der Waals surface area contributed by atoms with Gasteiger partial charge >= 0.3 is 6.09 Å². The highest BCUT2D eigenvalue weighted by Gasteiger charge is 2.30. The highest BCUT2D eigenvalue weighted by Crippen LogP contribution is 2.36. The molecular formula is C21H30N8O3S. The number of aromatic amines is 1. The Bertz CT molecular complexity index is 1260. The molecule has 0 aromatic carbocycles. The summed E-state index contributed by atoms with van der Waals surface area (Å²) < 4.78 is 26.7. The van der Waals surface area contributed by atoms with Crippen molar-refractivity contribution in [1.82, 2.24) is 30.1 Å². The van der Waals surface area contributed by atoms with Crippen LogP contribution in [0.15, 0.2) is 24.5 Å². The van der Waals surface area contributed by atoms with Gasteiger partial charge in [-0.1, -0.05) is 0 Å². The van der Waals surface area contributed by atoms with Gasteiger partial charge in [-0.2, -0.15) is 10.2 Å². The molecule has 33 heavy (non-hydrogen) atoms. The molecule has 3 aromatic heterocycles. The maximum Gasteiger partial charge on any atom is 0.407 e. The van der Waals surface area contributed by atoms with Crippen molar-refractivity contribution in [2.24, 2.45) is 0 Å². The Morgan fingerprint density at radius 1 is 1.36 bits per heavy atom. The van der Waals surface area contributed by atoms with Crippen LogP contribution in [0.3, 0.4) is 0 Å². The maximum atomic E-state index is 12.0. The number of anilines is 2. The van der Waals surface area contributed by atoms with E-state index >= 15 is 0 Å². The highest BCUT2D eigenvalue weighted by atomic mass is 32.2. The van der Waals surface area contributed by atoms with Crippen LogP contribution in [0.5, 0.6) is 0 Å². The number of nitrogens with one attached hydrogen (secondary N) is 4. The molecular weight excluding hydrogens is 444 g/mol. The van der Waals surface area contributed by atoms with E-state index in [9.17, 15) is 9.00 Å². The molecule has 1 amide bonds. The first-order valence-electron chi connectivity index (χ1n) is 10.8. The van der Waals surface area contributed by atoms with Crippen molar-refractivity contribution in [3.8, 4) is 0 Å². The van der Waals surface area contributed by atoms with Crippen molar-refractivity contribution in [2.45, 2.75) is 63.3 Å². The number of fused-ring (bicyclic) bond motifs is 1.